The summed E-state index contributed by atoms with van der Waals surface area (Å²) in [4.78, 5) is 39.2. The van der Waals surface area contributed by atoms with Crippen molar-refractivity contribution in [1.82, 2.24) is 19.9 Å². The molecule has 0 radical (unpaired) electrons. The minimum absolute atomic E-state index is 0.129. The van der Waals surface area contributed by atoms with E-state index in [1.54, 1.807) is 35.2 Å². The van der Waals surface area contributed by atoms with Crippen LogP contribution in [-0.2, 0) is 6.54 Å². The Morgan fingerprint density at radius 1 is 1.03 bits per heavy atom. The van der Waals surface area contributed by atoms with Gasteiger partial charge in [-0.3, -0.25) is 9.59 Å². The molecule has 0 bridgehead atoms. The molecule has 0 aliphatic rings. The fourth-order valence-corrected chi connectivity index (χ4v) is 4.47. The highest BCUT2D eigenvalue weighted by atomic mass is 32.1. The van der Waals surface area contributed by atoms with Crippen LogP contribution in [0.3, 0.4) is 0 Å². The minimum Gasteiger partial charge on any atom is -0.448 e. The van der Waals surface area contributed by atoms with E-state index in [1.165, 1.54) is 11.3 Å². The number of fused-ring (bicyclic) bond motifs is 2. The number of carbonyl (C=O) groups is 1. The van der Waals surface area contributed by atoms with Crippen LogP contribution in [0.5, 0.6) is 0 Å². The van der Waals surface area contributed by atoms with E-state index in [0.717, 1.165) is 15.2 Å². The molecule has 0 atom stereocenters. The van der Waals surface area contributed by atoms with Gasteiger partial charge in [-0.05, 0) is 50.2 Å². The number of rotatable bonds is 5. The summed E-state index contributed by atoms with van der Waals surface area (Å²) in [5, 5.41) is 1.24. The molecule has 7 nitrogen and oxygen atoms in total. The van der Waals surface area contributed by atoms with Gasteiger partial charge in [0, 0.05) is 6.04 Å². The van der Waals surface area contributed by atoms with Gasteiger partial charge in [0.25, 0.3) is 11.5 Å². The molecule has 0 spiro atoms. The molecule has 3 aromatic heterocycles. The molecule has 1 amide bonds. The van der Waals surface area contributed by atoms with Crippen LogP contribution in [0.25, 0.3) is 31.9 Å². The second-order valence-corrected chi connectivity index (χ2v) is 8.74. The monoisotopic (exact) mass is 444 g/mol. The highest BCUT2D eigenvalue weighted by molar-refractivity contribution is 7.21. The van der Waals surface area contributed by atoms with Gasteiger partial charge in [0.15, 0.2) is 16.5 Å². The summed E-state index contributed by atoms with van der Waals surface area (Å²) in [6.45, 7) is 3.98. The lowest BCUT2D eigenvalue weighted by Crippen LogP contribution is -2.37. The quantitative estimate of drug-likeness (QED) is 0.419. The van der Waals surface area contributed by atoms with Crippen LogP contribution in [0.15, 0.2) is 69.9 Å². The molecule has 0 saturated heterocycles. The van der Waals surface area contributed by atoms with Crippen molar-refractivity contribution in [3.05, 3.63) is 82.6 Å². The minimum atomic E-state index is -0.275. The Kier molecular flexibility index (Phi) is 5.07. The summed E-state index contributed by atoms with van der Waals surface area (Å²) in [7, 11) is 0. The number of nitrogens with zero attached hydrogens (tertiary/aromatic N) is 3. The number of aromatic amines is 1. The first-order valence-electron chi connectivity index (χ1n) is 10.2. The molecule has 0 saturated carbocycles. The molecule has 5 aromatic rings. The van der Waals surface area contributed by atoms with Gasteiger partial charge in [-0.2, -0.15) is 0 Å². The zero-order valence-corrected chi connectivity index (χ0v) is 18.3. The highest BCUT2D eigenvalue weighted by Crippen LogP contribution is 2.31. The van der Waals surface area contributed by atoms with Gasteiger partial charge in [-0.1, -0.05) is 24.3 Å². The smallest absolute Gasteiger partial charge is 0.290 e. The number of amides is 1. The number of furan rings is 1. The molecule has 0 aliphatic carbocycles. The maximum Gasteiger partial charge on any atom is 0.290 e. The normalized spacial score (nSPS) is 11.5. The van der Waals surface area contributed by atoms with Gasteiger partial charge in [0.05, 0.1) is 27.7 Å². The SMILES string of the molecule is CC(C)N(Cc1nc2ccccc2c(=O)[nH]1)C(=O)c1ccc(-c2nc3ccccc3s2)o1. The largest absolute Gasteiger partial charge is 0.448 e. The summed E-state index contributed by atoms with van der Waals surface area (Å²) in [6.07, 6.45) is 0. The fraction of sp³-hybridized carbons (Fsp3) is 0.167. The van der Waals surface area contributed by atoms with Crippen LogP contribution in [0, 0.1) is 0 Å². The summed E-state index contributed by atoms with van der Waals surface area (Å²) < 4.78 is 6.95. The van der Waals surface area contributed by atoms with Crippen molar-refractivity contribution >= 4 is 38.4 Å². The van der Waals surface area contributed by atoms with Crippen molar-refractivity contribution in [3.63, 3.8) is 0 Å². The van der Waals surface area contributed by atoms with E-state index in [1.807, 2.05) is 44.2 Å². The average molecular weight is 445 g/mol. The maximum atomic E-state index is 13.3. The molecule has 8 heteroatoms. The molecule has 0 aliphatic heterocycles. The molecule has 1 N–H and O–H groups in total. The lowest BCUT2D eigenvalue weighted by molar-refractivity contribution is 0.0653. The second kappa shape index (κ2) is 8.05. The summed E-state index contributed by atoms with van der Waals surface area (Å²) in [5.41, 5.74) is 1.27. The van der Waals surface area contributed by atoms with Crippen molar-refractivity contribution in [1.29, 1.82) is 0 Å². The van der Waals surface area contributed by atoms with Crippen molar-refractivity contribution in [2.45, 2.75) is 26.4 Å². The second-order valence-electron chi connectivity index (χ2n) is 7.71. The topological polar surface area (TPSA) is 92.1 Å². The third kappa shape index (κ3) is 3.69. The maximum absolute atomic E-state index is 13.3. The summed E-state index contributed by atoms with van der Waals surface area (Å²) >= 11 is 1.52. The van der Waals surface area contributed by atoms with Gasteiger partial charge in [0.1, 0.15) is 5.82 Å². The molecular formula is C24H20N4O3S. The number of carbonyl (C=O) groups excluding carboxylic acids is 1. The Balaban J connectivity index is 1.43. The van der Waals surface area contributed by atoms with Crippen molar-refractivity contribution in [2.24, 2.45) is 0 Å². The van der Waals surface area contributed by atoms with Crippen LogP contribution in [0.1, 0.15) is 30.2 Å². The Bertz CT molecular complexity index is 1470. The van der Waals surface area contributed by atoms with Gasteiger partial charge < -0.3 is 14.3 Å². The molecule has 3 heterocycles. The van der Waals surface area contributed by atoms with Crippen LogP contribution in [0.2, 0.25) is 0 Å². The fourth-order valence-electron chi connectivity index (χ4n) is 3.55. The first-order valence-corrected chi connectivity index (χ1v) is 11.1. The van der Waals surface area contributed by atoms with Gasteiger partial charge in [-0.25, -0.2) is 9.97 Å². The Morgan fingerprint density at radius 2 is 1.78 bits per heavy atom. The van der Waals surface area contributed by atoms with Crippen LogP contribution >= 0.6 is 11.3 Å². The molecule has 160 valence electrons. The van der Waals surface area contributed by atoms with Crippen molar-refractivity contribution in [2.75, 3.05) is 0 Å². The van der Waals surface area contributed by atoms with E-state index in [-0.39, 0.29) is 29.8 Å². The number of hydrogen-bond donors (Lipinski definition) is 1. The molecular weight excluding hydrogens is 424 g/mol. The molecule has 0 fully saturated rings. The Labute approximate surface area is 187 Å². The third-order valence-electron chi connectivity index (χ3n) is 5.19. The summed E-state index contributed by atoms with van der Waals surface area (Å²) in [6, 6.07) is 18.3. The van der Waals surface area contributed by atoms with Gasteiger partial charge in [0.2, 0.25) is 0 Å². The first-order chi connectivity index (χ1) is 15.5. The van der Waals surface area contributed by atoms with E-state index in [0.29, 0.717) is 22.5 Å². The zero-order valence-electron chi connectivity index (χ0n) is 17.5. The first kappa shape index (κ1) is 20.1. The number of hydrogen-bond acceptors (Lipinski definition) is 6. The average Bonchev–Trinajstić information content (AvgIpc) is 3.44. The Hall–Kier alpha value is -3.78. The van der Waals surface area contributed by atoms with Crippen molar-refractivity contribution in [3.8, 4) is 10.8 Å². The van der Waals surface area contributed by atoms with E-state index >= 15 is 0 Å². The lowest BCUT2D eigenvalue weighted by Gasteiger charge is -2.25. The number of nitrogens with one attached hydrogen (secondary N) is 1. The number of aromatic nitrogens is 3. The Morgan fingerprint density at radius 3 is 2.56 bits per heavy atom. The van der Waals surface area contributed by atoms with E-state index in [9.17, 15) is 9.59 Å². The van der Waals surface area contributed by atoms with E-state index < -0.39 is 0 Å². The lowest BCUT2D eigenvalue weighted by atomic mass is 10.2. The predicted octanol–water partition coefficient (Wildman–Crippen LogP) is 4.84. The van der Waals surface area contributed by atoms with Gasteiger partial charge in [-0.15, -0.1) is 11.3 Å². The molecule has 32 heavy (non-hydrogen) atoms. The van der Waals surface area contributed by atoms with Crippen LogP contribution in [0.4, 0.5) is 0 Å². The summed E-state index contributed by atoms with van der Waals surface area (Å²) in [5.74, 6) is 0.920. The molecule has 0 unspecified atom stereocenters. The molecule has 5 rings (SSSR count). The van der Waals surface area contributed by atoms with E-state index in [2.05, 4.69) is 15.0 Å². The number of para-hydroxylation sites is 2. The van der Waals surface area contributed by atoms with E-state index in [4.69, 9.17) is 4.42 Å². The van der Waals surface area contributed by atoms with Gasteiger partial charge >= 0.3 is 0 Å². The predicted molar refractivity (Wildman–Crippen MR) is 125 cm³/mol. The van der Waals surface area contributed by atoms with Crippen LogP contribution in [-0.4, -0.2) is 31.8 Å². The third-order valence-corrected chi connectivity index (χ3v) is 6.24. The van der Waals surface area contributed by atoms with Crippen LogP contribution < -0.4 is 5.56 Å². The zero-order chi connectivity index (χ0) is 22.2. The number of thiazole rings is 1. The highest BCUT2D eigenvalue weighted by Gasteiger charge is 2.24. The molecule has 2 aromatic carbocycles. The number of H-pyrrole nitrogens is 1. The number of benzene rings is 2. The van der Waals surface area contributed by atoms with Crippen molar-refractivity contribution < 1.29 is 9.21 Å². The standard InChI is InChI=1S/C24H20N4O3S/c1-14(2)28(13-21-25-16-8-4-3-7-15(16)22(29)27-21)24(30)19-12-11-18(31-19)23-26-17-9-5-6-10-20(17)32-23/h3-12,14H,13H2,1-2H3,(H,25,27,29).